The Morgan fingerprint density at radius 2 is 1.71 bits per heavy atom. The summed E-state index contributed by atoms with van der Waals surface area (Å²) in [4.78, 5) is 25.1. The highest BCUT2D eigenvalue weighted by Crippen LogP contribution is 2.68. The van der Waals surface area contributed by atoms with Gasteiger partial charge in [0.1, 0.15) is 6.10 Å². The summed E-state index contributed by atoms with van der Waals surface area (Å²) in [6, 6.07) is 0. The van der Waals surface area contributed by atoms with Crippen molar-refractivity contribution in [2.24, 2.45) is 22.7 Å². The lowest BCUT2D eigenvalue weighted by Gasteiger charge is -2.63. The maximum Gasteiger partial charge on any atom is 0.305 e. The van der Waals surface area contributed by atoms with Crippen molar-refractivity contribution in [2.75, 3.05) is 20.3 Å². The Bertz CT molecular complexity index is 988. The number of hydrogen-bond donors (Lipinski definition) is 0. The number of esters is 2. The highest BCUT2D eigenvalue weighted by molar-refractivity contribution is 5.67. The molecule has 2 fully saturated rings. The van der Waals surface area contributed by atoms with Crippen LogP contribution >= 0.6 is 0 Å². The topological polar surface area (TPSA) is 89.5 Å². The molecule has 1 spiro atoms. The third-order valence-corrected chi connectivity index (χ3v) is 9.53. The molecule has 232 valence electrons. The predicted octanol–water partition coefficient (Wildman–Crippen LogP) is 6.29. The fourth-order valence-corrected chi connectivity index (χ4v) is 7.11. The van der Waals surface area contributed by atoms with E-state index in [1.165, 1.54) is 13.8 Å². The first-order valence-corrected chi connectivity index (χ1v) is 15.3. The number of ether oxygens (including phenoxy) is 6. The summed E-state index contributed by atoms with van der Waals surface area (Å²) in [6.07, 6.45) is 7.91. The van der Waals surface area contributed by atoms with E-state index in [1.807, 2.05) is 19.1 Å². The van der Waals surface area contributed by atoms with E-state index in [9.17, 15) is 9.59 Å². The molecule has 2 aliphatic carbocycles. The summed E-state index contributed by atoms with van der Waals surface area (Å²) in [5.41, 5.74) is 0.511. The molecule has 3 rings (SSSR count). The number of rotatable bonds is 14. The largest absolute Gasteiger partial charge is 0.459 e. The van der Waals surface area contributed by atoms with Gasteiger partial charge in [-0.25, -0.2) is 0 Å². The molecule has 8 heteroatoms. The summed E-state index contributed by atoms with van der Waals surface area (Å²) < 4.78 is 37.8. The van der Waals surface area contributed by atoms with Gasteiger partial charge in [0.15, 0.2) is 6.29 Å². The molecular weight excluding hydrogens is 524 g/mol. The smallest absolute Gasteiger partial charge is 0.305 e. The number of carbonyl (C=O) groups excluding carboxylic acids is 2. The maximum atomic E-state index is 12.8. The molecule has 0 radical (unpaired) electrons. The lowest BCUT2D eigenvalue weighted by Crippen LogP contribution is -2.69. The SMILES string of the molecule is C=C/C(C)=C/C[C@]1(C)[C@H](C)[C@@H](OCCCC)[C@H](OC(C)=O)[C@@]23C(=C[C@H](OC)C[C@@H]12)[C@@H](OC(C)=O)O[C@@H]3OCCCC. The van der Waals surface area contributed by atoms with Crippen LogP contribution in [-0.2, 0) is 38.0 Å². The van der Waals surface area contributed by atoms with Crippen LogP contribution in [0.2, 0.25) is 0 Å². The fourth-order valence-electron chi connectivity index (χ4n) is 7.11. The summed E-state index contributed by atoms with van der Waals surface area (Å²) in [5.74, 6) is -0.991. The van der Waals surface area contributed by atoms with E-state index >= 15 is 0 Å². The quantitative estimate of drug-likeness (QED) is 0.103. The molecule has 0 bridgehead atoms. The second-order valence-corrected chi connectivity index (χ2v) is 12.1. The van der Waals surface area contributed by atoms with Crippen LogP contribution in [-0.4, -0.2) is 63.2 Å². The van der Waals surface area contributed by atoms with Gasteiger partial charge in [-0.2, -0.15) is 0 Å². The van der Waals surface area contributed by atoms with Crippen molar-refractivity contribution in [1.82, 2.24) is 0 Å². The zero-order valence-corrected chi connectivity index (χ0v) is 26.4. The van der Waals surface area contributed by atoms with Crippen molar-refractivity contribution in [3.63, 3.8) is 0 Å². The van der Waals surface area contributed by atoms with E-state index in [0.717, 1.165) is 43.3 Å². The molecule has 1 saturated carbocycles. The van der Waals surface area contributed by atoms with Gasteiger partial charge in [-0.05, 0) is 55.9 Å². The normalized spacial score (nSPS) is 36.6. The first-order valence-electron chi connectivity index (χ1n) is 15.3. The second-order valence-electron chi connectivity index (χ2n) is 12.1. The lowest BCUT2D eigenvalue weighted by atomic mass is 9.44. The average Bonchev–Trinajstić information content (AvgIpc) is 3.23. The van der Waals surface area contributed by atoms with Crippen molar-refractivity contribution in [1.29, 1.82) is 0 Å². The van der Waals surface area contributed by atoms with E-state index in [0.29, 0.717) is 19.6 Å². The molecule has 0 N–H and O–H groups in total. The van der Waals surface area contributed by atoms with E-state index < -0.39 is 42.1 Å². The Morgan fingerprint density at radius 3 is 2.27 bits per heavy atom. The molecule has 8 nitrogen and oxygen atoms in total. The molecule has 0 aromatic heterocycles. The molecule has 0 aromatic rings. The van der Waals surface area contributed by atoms with Gasteiger partial charge in [0.2, 0.25) is 6.29 Å². The highest BCUT2D eigenvalue weighted by atomic mass is 16.8. The minimum atomic E-state index is -0.989. The molecule has 1 heterocycles. The predicted molar refractivity (Wildman–Crippen MR) is 157 cm³/mol. The lowest BCUT2D eigenvalue weighted by molar-refractivity contribution is -0.289. The van der Waals surface area contributed by atoms with Crippen LogP contribution in [0.25, 0.3) is 0 Å². The Kier molecular flexibility index (Phi) is 11.8. The Hall–Kier alpha value is -2.00. The highest BCUT2D eigenvalue weighted by Gasteiger charge is 2.74. The third kappa shape index (κ3) is 6.66. The molecule has 3 aliphatic rings. The number of methoxy groups -OCH3 is 1. The third-order valence-electron chi connectivity index (χ3n) is 9.53. The van der Waals surface area contributed by atoms with Gasteiger partial charge >= 0.3 is 11.9 Å². The number of allylic oxidation sites excluding steroid dienone is 3. The minimum absolute atomic E-state index is 0.00544. The molecule has 9 atom stereocenters. The molecule has 1 aliphatic heterocycles. The van der Waals surface area contributed by atoms with E-state index in [4.69, 9.17) is 28.4 Å². The van der Waals surface area contributed by atoms with Gasteiger partial charge < -0.3 is 28.4 Å². The zero-order valence-electron chi connectivity index (χ0n) is 26.4. The van der Waals surface area contributed by atoms with Crippen LogP contribution in [0.5, 0.6) is 0 Å². The average molecular weight is 577 g/mol. The van der Waals surface area contributed by atoms with Crippen LogP contribution < -0.4 is 0 Å². The summed E-state index contributed by atoms with van der Waals surface area (Å²) in [5, 5.41) is 0. The van der Waals surface area contributed by atoms with E-state index in [-0.39, 0.29) is 23.4 Å². The van der Waals surface area contributed by atoms with Crippen molar-refractivity contribution >= 4 is 11.9 Å². The standard InChI is InChI=1S/C33H52O8/c1-10-13-17-37-28-22(5)32(8,16-15-21(4)12-3)27-20-25(36-9)19-26-30(40-24(7)35)41-31(38-18-14-11-2)33(26,27)29(28)39-23(6)34/h12,15,19,22,25,27-31H,3,10-11,13-14,16-18,20H2,1-2,4-9H3/b21-15+/t22-,25+,27+,28-,29+,30+,31+,32-,33-/m1/s1. The number of hydrogen-bond acceptors (Lipinski definition) is 8. The van der Waals surface area contributed by atoms with Gasteiger partial charge in [0.25, 0.3) is 0 Å². The molecular formula is C33H52O8. The van der Waals surface area contributed by atoms with Gasteiger partial charge in [0, 0.05) is 39.7 Å². The minimum Gasteiger partial charge on any atom is -0.459 e. The zero-order chi connectivity index (χ0) is 30.4. The van der Waals surface area contributed by atoms with Crippen molar-refractivity contribution in [2.45, 2.75) is 118 Å². The molecule has 0 unspecified atom stereocenters. The summed E-state index contributed by atoms with van der Waals surface area (Å²) in [6.45, 7) is 18.5. The van der Waals surface area contributed by atoms with Crippen LogP contribution in [0.1, 0.15) is 87.0 Å². The Balaban J connectivity index is 2.34. The van der Waals surface area contributed by atoms with E-state index in [2.05, 4.69) is 40.3 Å². The van der Waals surface area contributed by atoms with Gasteiger partial charge in [-0.1, -0.05) is 64.8 Å². The van der Waals surface area contributed by atoms with Crippen molar-refractivity contribution in [3.8, 4) is 0 Å². The first-order chi connectivity index (χ1) is 19.5. The first kappa shape index (κ1) is 33.5. The molecule has 1 saturated heterocycles. The Labute approximate surface area is 246 Å². The molecule has 41 heavy (non-hydrogen) atoms. The monoisotopic (exact) mass is 576 g/mol. The van der Waals surface area contributed by atoms with Crippen LogP contribution in [0, 0.1) is 22.7 Å². The number of carbonyl (C=O) groups is 2. The maximum absolute atomic E-state index is 12.8. The van der Waals surface area contributed by atoms with E-state index in [1.54, 1.807) is 7.11 Å². The van der Waals surface area contributed by atoms with Crippen molar-refractivity contribution < 1.29 is 38.0 Å². The van der Waals surface area contributed by atoms with Crippen molar-refractivity contribution in [3.05, 3.63) is 36.0 Å². The van der Waals surface area contributed by atoms with Crippen LogP contribution in [0.3, 0.4) is 0 Å². The summed E-state index contributed by atoms with van der Waals surface area (Å²) >= 11 is 0. The van der Waals surface area contributed by atoms with Gasteiger partial charge in [-0.15, -0.1) is 0 Å². The van der Waals surface area contributed by atoms with Crippen LogP contribution in [0.4, 0.5) is 0 Å². The van der Waals surface area contributed by atoms with Crippen LogP contribution in [0.15, 0.2) is 36.0 Å². The Morgan fingerprint density at radius 1 is 1.07 bits per heavy atom. The molecule has 0 aromatic carbocycles. The molecule has 0 amide bonds. The number of unbranched alkanes of at least 4 members (excludes halogenated alkanes) is 2. The van der Waals surface area contributed by atoms with Gasteiger partial charge in [-0.3, -0.25) is 9.59 Å². The van der Waals surface area contributed by atoms with Gasteiger partial charge in [0.05, 0.1) is 17.6 Å². The fraction of sp³-hybridized carbons (Fsp3) is 0.758. The second kappa shape index (κ2) is 14.5. The summed E-state index contributed by atoms with van der Waals surface area (Å²) in [7, 11) is 1.69.